The van der Waals surface area contributed by atoms with Crippen LogP contribution in [0.25, 0.3) is 10.9 Å². The van der Waals surface area contributed by atoms with Gasteiger partial charge in [-0.3, -0.25) is 5.01 Å². The zero-order chi connectivity index (χ0) is 21.9. The molecule has 0 amide bonds. The molecular formula is C20H21N3O. The van der Waals surface area contributed by atoms with Gasteiger partial charge in [-0.15, -0.1) is 0 Å². The number of nitrogens with zero attached hydrogens (tertiary/aromatic N) is 3. The van der Waals surface area contributed by atoms with Gasteiger partial charge < -0.3 is 4.74 Å². The van der Waals surface area contributed by atoms with Crippen molar-refractivity contribution < 1.29 is 13.0 Å². The lowest BCUT2D eigenvalue weighted by Gasteiger charge is -2.14. The second kappa shape index (κ2) is 7.13. The zero-order valence-corrected chi connectivity index (χ0v) is 13.2. The number of anilines is 1. The molecule has 3 aromatic rings. The van der Waals surface area contributed by atoms with Crippen LogP contribution in [0.5, 0.6) is 5.75 Å². The Hall–Kier alpha value is -2.88. The maximum Gasteiger partial charge on any atom is 0.130 e. The molecule has 0 aliphatic heterocycles. The number of fused-ring (bicyclic) bond motifs is 1. The highest BCUT2D eigenvalue weighted by Crippen LogP contribution is 2.20. The van der Waals surface area contributed by atoms with Gasteiger partial charge in [-0.2, -0.15) is 5.10 Å². The molecule has 122 valence electrons. The number of ether oxygens (including phenoxy) is 1. The molecule has 0 saturated heterocycles. The van der Waals surface area contributed by atoms with E-state index in [4.69, 9.17) is 13.0 Å². The summed E-state index contributed by atoms with van der Waals surface area (Å²) in [6, 6.07) is 18.5. The van der Waals surface area contributed by atoms with Crippen LogP contribution in [0.1, 0.15) is 27.6 Å². The van der Waals surface area contributed by atoms with Crippen molar-refractivity contribution in [3.63, 3.8) is 0 Å². The van der Waals surface area contributed by atoms with E-state index in [1.54, 1.807) is 24.3 Å². The molecule has 0 atom stereocenters. The molecule has 2 aromatic carbocycles. The third-order valence-electron chi connectivity index (χ3n) is 3.50. The SMILES string of the molecule is [2H]C([2H])([2H])C(=NN(C)c1ccc(OCc2ccc3ccccc3n2)cc1)C([2H])([2H])[2H]. The number of hydrazone groups is 1. The molecule has 1 aromatic heterocycles. The second-order valence-corrected chi connectivity index (χ2v) is 5.25. The van der Waals surface area contributed by atoms with Crippen LogP contribution in [-0.2, 0) is 6.61 Å². The van der Waals surface area contributed by atoms with Gasteiger partial charge in [0.05, 0.1) is 16.9 Å². The van der Waals surface area contributed by atoms with Crippen molar-refractivity contribution >= 4 is 22.3 Å². The molecule has 3 rings (SSSR count). The summed E-state index contributed by atoms with van der Waals surface area (Å²) in [5.41, 5.74) is 1.38. The number of hydrogen-bond acceptors (Lipinski definition) is 4. The Balaban J connectivity index is 1.70. The minimum Gasteiger partial charge on any atom is -0.487 e. The van der Waals surface area contributed by atoms with Gasteiger partial charge in [0.25, 0.3) is 0 Å². The zero-order valence-electron chi connectivity index (χ0n) is 19.2. The van der Waals surface area contributed by atoms with E-state index in [2.05, 4.69) is 10.1 Å². The van der Waals surface area contributed by atoms with Crippen LogP contribution in [0, 0.1) is 0 Å². The first-order valence-electron chi connectivity index (χ1n) is 10.4. The molecule has 0 aliphatic carbocycles. The normalized spacial score (nSPS) is 15.2. The molecular weight excluding hydrogens is 298 g/mol. The third kappa shape index (κ3) is 3.90. The molecule has 24 heavy (non-hydrogen) atoms. The average Bonchev–Trinajstić information content (AvgIpc) is 2.69. The fourth-order valence-corrected chi connectivity index (χ4v) is 2.31. The Labute approximate surface area is 150 Å². The highest BCUT2D eigenvalue weighted by atomic mass is 16.5. The average molecular weight is 325 g/mol. The van der Waals surface area contributed by atoms with Crippen molar-refractivity contribution in [2.75, 3.05) is 12.1 Å². The smallest absolute Gasteiger partial charge is 0.130 e. The Kier molecular flexibility index (Phi) is 3.00. The number of para-hydroxylation sites is 1. The Morgan fingerprint density at radius 1 is 1.08 bits per heavy atom. The van der Waals surface area contributed by atoms with Crippen molar-refractivity contribution in [1.82, 2.24) is 4.98 Å². The molecule has 1 heterocycles. The molecule has 4 heteroatoms. The largest absolute Gasteiger partial charge is 0.487 e. The van der Waals surface area contributed by atoms with E-state index in [9.17, 15) is 0 Å². The first kappa shape index (κ1) is 10.1. The van der Waals surface area contributed by atoms with Gasteiger partial charge in [0, 0.05) is 26.4 Å². The molecule has 0 aliphatic rings. The second-order valence-electron chi connectivity index (χ2n) is 5.25. The fourth-order valence-electron chi connectivity index (χ4n) is 2.31. The summed E-state index contributed by atoms with van der Waals surface area (Å²) in [5, 5.41) is 6.10. The highest BCUT2D eigenvalue weighted by Gasteiger charge is 2.02. The third-order valence-corrected chi connectivity index (χ3v) is 3.50. The first-order chi connectivity index (χ1) is 14.0. The summed E-state index contributed by atoms with van der Waals surface area (Å²) in [6.07, 6.45) is 0. The lowest BCUT2D eigenvalue weighted by atomic mass is 10.2. The Morgan fingerprint density at radius 3 is 2.67 bits per heavy atom. The van der Waals surface area contributed by atoms with Crippen LogP contribution in [0.2, 0.25) is 0 Å². The molecule has 0 saturated carbocycles. The van der Waals surface area contributed by atoms with Crippen LogP contribution < -0.4 is 9.75 Å². The van der Waals surface area contributed by atoms with Gasteiger partial charge in [0.15, 0.2) is 0 Å². The van der Waals surface area contributed by atoms with E-state index in [1.807, 2.05) is 36.4 Å². The lowest BCUT2D eigenvalue weighted by Crippen LogP contribution is -2.10. The Bertz CT molecular complexity index is 1030. The molecule has 0 N–H and O–H groups in total. The summed E-state index contributed by atoms with van der Waals surface area (Å²) in [5.74, 6) is 0.595. The monoisotopic (exact) mass is 325 g/mol. The topological polar surface area (TPSA) is 37.7 Å². The van der Waals surface area contributed by atoms with Gasteiger partial charge in [0.1, 0.15) is 12.4 Å². The van der Waals surface area contributed by atoms with E-state index in [-0.39, 0.29) is 0 Å². The lowest BCUT2D eigenvalue weighted by molar-refractivity contribution is 0.302. The summed E-state index contributed by atoms with van der Waals surface area (Å²) >= 11 is 0. The predicted molar refractivity (Wildman–Crippen MR) is 99.7 cm³/mol. The van der Waals surface area contributed by atoms with Crippen LogP contribution in [0.3, 0.4) is 0 Å². The number of aromatic nitrogens is 1. The van der Waals surface area contributed by atoms with Crippen LogP contribution >= 0.6 is 0 Å². The van der Waals surface area contributed by atoms with Gasteiger partial charge in [-0.1, -0.05) is 24.3 Å². The van der Waals surface area contributed by atoms with E-state index >= 15 is 0 Å². The van der Waals surface area contributed by atoms with Gasteiger partial charge in [-0.05, 0) is 50.1 Å². The van der Waals surface area contributed by atoms with Gasteiger partial charge >= 0.3 is 0 Å². The van der Waals surface area contributed by atoms with Crippen LogP contribution in [0.15, 0.2) is 65.8 Å². The van der Waals surface area contributed by atoms with Crippen LogP contribution in [0.4, 0.5) is 5.69 Å². The number of pyridine rings is 1. The summed E-state index contributed by atoms with van der Waals surface area (Å²) in [4.78, 5) is 4.56. The molecule has 4 nitrogen and oxygen atoms in total. The van der Waals surface area contributed by atoms with Crippen LogP contribution in [-0.4, -0.2) is 17.7 Å². The number of rotatable bonds is 5. The van der Waals surface area contributed by atoms with E-state index in [0.29, 0.717) is 18.0 Å². The number of hydrogen-bond donors (Lipinski definition) is 0. The fraction of sp³-hybridized carbons (Fsp3) is 0.200. The van der Waals surface area contributed by atoms with Crippen molar-refractivity contribution in [3.05, 3.63) is 66.4 Å². The maximum absolute atomic E-state index is 7.41. The number of benzene rings is 2. The van der Waals surface area contributed by atoms with Crippen molar-refractivity contribution in [2.24, 2.45) is 5.10 Å². The molecule has 0 bridgehead atoms. The predicted octanol–water partition coefficient (Wildman–Crippen LogP) is 4.65. The van der Waals surface area contributed by atoms with Gasteiger partial charge in [-0.25, -0.2) is 4.98 Å². The summed E-state index contributed by atoms with van der Waals surface area (Å²) < 4.78 is 50.2. The van der Waals surface area contributed by atoms with E-state index < -0.39 is 19.4 Å². The maximum atomic E-state index is 7.41. The molecule has 0 radical (unpaired) electrons. The summed E-state index contributed by atoms with van der Waals surface area (Å²) in [6.45, 7) is -5.33. The quantitative estimate of drug-likeness (QED) is 0.506. The van der Waals surface area contributed by atoms with Crippen molar-refractivity contribution in [3.8, 4) is 5.75 Å². The summed E-state index contributed by atoms with van der Waals surface area (Å²) in [7, 11) is 1.49. The van der Waals surface area contributed by atoms with E-state index in [0.717, 1.165) is 16.6 Å². The Morgan fingerprint density at radius 2 is 1.88 bits per heavy atom. The van der Waals surface area contributed by atoms with E-state index in [1.165, 1.54) is 12.1 Å². The highest BCUT2D eigenvalue weighted by molar-refractivity contribution is 5.80. The minimum atomic E-state index is -2.81. The molecule has 0 spiro atoms. The first-order valence-corrected chi connectivity index (χ1v) is 7.45. The standard InChI is InChI=1S/C20H21N3O/c1-15(2)22-23(3)18-10-12-19(13-11-18)24-14-17-9-8-16-6-4-5-7-20(16)21-17/h4-13H,14H2,1-3H3/i1D3,2D3. The van der Waals surface area contributed by atoms with Crippen molar-refractivity contribution in [2.45, 2.75) is 20.3 Å². The van der Waals surface area contributed by atoms with Gasteiger partial charge in [0.2, 0.25) is 0 Å². The minimum absolute atomic E-state index is 0.292. The van der Waals surface area contributed by atoms with Crippen molar-refractivity contribution in [1.29, 1.82) is 0 Å². The molecule has 0 unspecified atom stereocenters. The molecule has 0 fully saturated rings.